The zero-order chi connectivity index (χ0) is 14.7. The number of aromatic nitrogens is 2. The quantitative estimate of drug-likeness (QED) is 0.808. The first kappa shape index (κ1) is 14.5. The van der Waals surface area contributed by atoms with E-state index in [0.717, 1.165) is 38.7 Å². The minimum atomic E-state index is -1.32. The Bertz CT molecular complexity index is 596. The maximum atomic E-state index is 11.7. The Labute approximate surface area is 115 Å². The predicted octanol–water partition coefficient (Wildman–Crippen LogP) is -0.0333. The molecular formula is C13H19N3O4. The number of H-pyrrole nitrogens is 1. The second kappa shape index (κ2) is 6.04. The fourth-order valence-corrected chi connectivity index (χ4v) is 2.56. The number of likely N-dealkylation sites (tertiary alicyclic amines) is 1. The van der Waals surface area contributed by atoms with Gasteiger partial charge in [0.05, 0.1) is 0 Å². The summed E-state index contributed by atoms with van der Waals surface area (Å²) in [5.74, 6) is -0.983. The molecule has 0 aromatic carbocycles. The Morgan fingerprint density at radius 2 is 2.05 bits per heavy atom. The summed E-state index contributed by atoms with van der Waals surface area (Å²) in [6, 6.07) is 0. The fraction of sp³-hybridized carbons (Fsp3) is 0.615. The molecule has 1 aliphatic heterocycles. The van der Waals surface area contributed by atoms with Crippen LogP contribution in [0.25, 0.3) is 0 Å². The van der Waals surface area contributed by atoms with Crippen LogP contribution in [0.3, 0.4) is 0 Å². The summed E-state index contributed by atoms with van der Waals surface area (Å²) in [5, 5.41) is 8.91. The molecule has 0 aliphatic carbocycles. The largest absolute Gasteiger partial charge is 0.477 e. The summed E-state index contributed by atoms with van der Waals surface area (Å²) in [4.78, 5) is 38.4. The number of nitrogens with one attached hydrogen (secondary N) is 1. The number of aromatic amines is 1. The Balaban J connectivity index is 2.14. The topological polar surface area (TPSA) is 95.4 Å². The fourth-order valence-electron chi connectivity index (χ4n) is 2.56. The van der Waals surface area contributed by atoms with E-state index in [0.29, 0.717) is 12.5 Å². The zero-order valence-electron chi connectivity index (χ0n) is 11.5. The van der Waals surface area contributed by atoms with Crippen LogP contribution in [0.2, 0.25) is 0 Å². The van der Waals surface area contributed by atoms with E-state index in [4.69, 9.17) is 5.11 Å². The first-order chi connectivity index (χ1) is 9.51. The van der Waals surface area contributed by atoms with Gasteiger partial charge >= 0.3 is 11.7 Å². The van der Waals surface area contributed by atoms with Crippen molar-refractivity contribution in [3.63, 3.8) is 0 Å². The molecule has 1 aromatic heterocycles. The van der Waals surface area contributed by atoms with Crippen LogP contribution in [0.5, 0.6) is 0 Å². The number of hydrogen-bond donors (Lipinski definition) is 2. The van der Waals surface area contributed by atoms with Gasteiger partial charge in [0.25, 0.3) is 5.56 Å². The highest BCUT2D eigenvalue weighted by atomic mass is 16.4. The van der Waals surface area contributed by atoms with Gasteiger partial charge in [-0.05, 0) is 38.4 Å². The number of carboxylic acids is 1. The predicted molar refractivity (Wildman–Crippen MR) is 73.1 cm³/mol. The molecule has 0 saturated carbocycles. The lowest BCUT2D eigenvalue weighted by Crippen LogP contribution is -2.38. The van der Waals surface area contributed by atoms with Crippen molar-refractivity contribution in [1.82, 2.24) is 14.5 Å². The molecule has 110 valence electrons. The van der Waals surface area contributed by atoms with E-state index in [2.05, 4.69) is 16.8 Å². The number of carboxylic acid groups (broad SMARTS) is 1. The Hall–Kier alpha value is -1.89. The van der Waals surface area contributed by atoms with E-state index in [1.165, 1.54) is 4.57 Å². The lowest BCUT2D eigenvalue weighted by molar-refractivity contribution is 0.0693. The normalized spacial score (nSPS) is 17.2. The van der Waals surface area contributed by atoms with Gasteiger partial charge in [-0.3, -0.25) is 14.3 Å². The van der Waals surface area contributed by atoms with Crippen LogP contribution in [0.1, 0.15) is 30.1 Å². The molecule has 2 N–H and O–H groups in total. The zero-order valence-corrected chi connectivity index (χ0v) is 11.5. The van der Waals surface area contributed by atoms with Crippen LogP contribution >= 0.6 is 0 Å². The molecule has 0 atom stereocenters. The summed E-state index contributed by atoms with van der Waals surface area (Å²) in [7, 11) is 0. The lowest BCUT2D eigenvalue weighted by atomic mass is 9.97. The van der Waals surface area contributed by atoms with E-state index in [1.54, 1.807) is 0 Å². The second-order valence-corrected chi connectivity index (χ2v) is 5.14. The smallest absolute Gasteiger partial charge is 0.342 e. The number of carbonyl (C=O) groups is 1. The number of hydrogen-bond acceptors (Lipinski definition) is 4. The van der Waals surface area contributed by atoms with Crippen LogP contribution in [0, 0.1) is 5.92 Å². The maximum absolute atomic E-state index is 11.7. The van der Waals surface area contributed by atoms with E-state index in [1.807, 2.05) is 0 Å². The van der Waals surface area contributed by atoms with Gasteiger partial charge < -0.3 is 10.0 Å². The Kier molecular flexibility index (Phi) is 4.39. The summed E-state index contributed by atoms with van der Waals surface area (Å²) in [5.41, 5.74) is -1.78. The average molecular weight is 281 g/mol. The molecule has 7 nitrogen and oxygen atoms in total. The van der Waals surface area contributed by atoms with Crippen molar-refractivity contribution >= 4 is 5.97 Å². The van der Waals surface area contributed by atoms with E-state index in [-0.39, 0.29) is 0 Å². The van der Waals surface area contributed by atoms with Crippen molar-refractivity contribution in [2.24, 2.45) is 5.92 Å². The number of nitrogens with zero attached hydrogens (tertiary/aromatic N) is 2. The highest BCUT2D eigenvalue weighted by Gasteiger charge is 2.20. The molecule has 2 heterocycles. The molecule has 0 unspecified atom stereocenters. The molecule has 1 aliphatic rings. The van der Waals surface area contributed by atoms with Gasteiger partial charge in [0, 0.05) is 12.7 Å². The van der Waals surface area contributed by atoms with Crippen molar-refractivity contribution < 1.29 is 9.90 Å². The van der Waals surface area contributed by atoms with Crippen molar-refractivity contribution in [3.8, 4) is 0 Å². The maximum Gasteiger partial charge on any atom is 0.342 e. The van der Waals surface area contributed by atoms with Crippen molar-refractivity contribution in [3.05, 3.63) is 32.6 Å². The number of piperidine rings is 1. The van der Waals surface area contributed by atoms with Crippen molar-refractivity contribution in [2.75, 3.05) is 19.6 Å². The monoisotopic (exact) mass is 281 g/mol. The lowest BCUT2D eigenvalue weighted by Gasteiger charge is -2.31. The third kappa shape index (κ3) is 3.16. The molecule has 1 fully saturated rings. The first-order valence-electron chi connectivity index (χ1n) is 6.80. The van der Waals surface area contributed by atoms with Crippen LogP contribution in [0.15, 0.2) is 15.8 Å². The minimum absolute atomic E-state index is 0.336. The molecule has 0 bridgehead atoms. The third-order valence-electron chi connectivity index (χ3n) is 3.85. The van der Waals surface area contributed by atoms with Gasteiger partial charge in [-0.25, -0.2) is 9.59 Å². The molecule has 0 radical (unpaired) electrons. The van der Waals surface area contributed by atoms with Crippen LogP contribution in [-0.2, 0) is 6.54 Å². The van der Waals surface area contributed by atoms with Gasteiger partial charge in [0.1, 0.15) is 5.56 Å². The third-order valence-corrected chi connectivity index (χ3v) is 3.85. The molecule has 7 heteroatoms. The van der Waals surface area contributed by atoms with E-state index >= 15 is 0 Å². The average Bonchev–Trinajstić information content (AvgIpc) is 2.42. The molecular weight excluding hydrogens is 262 g/mol. The Morgan fingerprint density at radius 3 is 2.60 bits per heavy atom. The summed E-state index contributed by atoms with van der Waals surface area (Å²) >= 11 is 0. The van der Waals surface area contributed by atoms with Gasteiger partial charge in [0.15, 0.2) is 0 Å². The molecule has 0 spiro atoms. The van der Waals surface area contributed by atoms with E-state index in [9.17, 15) is 14.4 Å². The van der Waals surface area contributed by atoms with Crippen LogP contribution < -0.4 is 11.2 Å². The van der Waals surface area contributed by atoms with Crippen LogP contribution in [0.4, 0.5) is 0 Å². The molecule has 2 rings (SSSR count). The summed E-state index contributed by atoms with van der Waals surface area (Å²) in [6.07, 6.45) is 3.10. The molecule has 1 saturated heterocycles. The van der Waals surface area contributed by atoms with Crippen LogP contribution in [-0.4, -0.2) is 45.2 Å². The SMILES string of the molecule is CCN1CCC(Cn2cc(C(=O)O)c(=O)[nH]c2=O)CC1. The van der Waals surface area contributed by atoms with Gasteiger partial charge in [-0.15, -0.1) is 0 Å². The number of rotatable bonds is 4. The van der Waals surface area contributed by atoms with Crippen molar-refractivity contribution in [1.29, 1.82) is 0 Å². The summed E-state index contributed by atoms with van der Waals surface area (Å²) in [6.45, 7) is 5.57. The standard InChI is InChI=1S/C13H19N3O4/c1-2-15-5-3-9(4-6-15)7-16-8-10(12(18)19)11(17)14-13(16)20/h8-9H,2-7H2,1H3,(H,18,19)(H,14,17,20). The molecule has 20 heavy (non-hydrogen) atoms. The van der Waals surface area contributed by atoms with Gasteiger partial charge in [0.2, 0.25) is 0 Å². The first-order valence-corrected chi connectivity index (χ1v) is 6.80. The van der Waals surface area contributed by atoms with E-state index < -0.39 is 22.8 Å². The van der Waals surface area contributed by atoms with Gasteiger partial charge in [-0.2, -0.15) is 0 Å². The van der Waals surface area contributed by atoms with Crippen molar-refractivity contribution in [2.45, 2.75) is 26.3 Å². The van der Waals surface area contributed by atoms with Gasteiger partial charge in [-0.1, -0.05) is 6.92 Å². The summed E-state index contributed by atoms with van der Waals surface area (Å²) < 4.78 is 1.30. The highest BCUT2D eigenvalue weighted by Crippen LogP contribution is 2.18. The second-order valence-electron chi connectivity index (χ2n) is 5.14. The number of aromatic carboxylic acids is 1. The molecule has 0 amide bonds. The molecule has 1 aromatic rings. The Morgan fingerprint density at radius 1 is 1.40 bits per heavy atom. The highest BCUT2D eigenvalue weighted by molar-refractivity contribution is 5.86. The minimum Gasteiger partial charge on any atom is -0.477 e.